The Morgan fingerprint density at radius 2 is 1.85 bits per heavy atom. The summed E-state index contributed by atoms with van der Waals surface area (Å²) in [6, 6.07) is 7.36. The van der Waals surface area contributed by atoms with Crippen molar-refractivity contribution in [1.82, 2.24) is 4.98 Å². The standard InChI is InChI=1S/C19H24N4O3/c1-11-7-14(26-4)8-12(2)15(11)10-21-17-6-5-16(19(20)23-17)22-18(25)9-13(3)24/h5-8H,9-10H2,1-4H3,(H,22,25)(H3,20,21,23). The number of nitrogens with two attached hydrogens (primary N) is 1. The lowest BCUT2D eigenvalue weighted by atomic mass is 10.0. The van der Waals surface area contributed by atoms with Crippen LogP contribution in [0.4, 0.5) is 17.3 Å². The van der Waals surface area contributed by atoms with Crippen molar-refractivity contribution in [3.05, 3.63) is 41.0 Å². The number of benzene rings is 1. The number of amides is 1. The number of carbonyl (C=O) groups excluding carboxylic acids is 2. The van der Waals surface area contributed by atoms with Gasteiger partial charge in [0.25, 0.3) is 0 Å². The minimum absolute atomic E-state index is 0.185. The molecule has 1 amide bonds. The Bertz CT molecular complexity index is 811. The lowest BCUT2D eigenvalue weighted by molar-refractivity contribution is -0.124. The number of hydrogen-bond acceptors (Lipinski definition) is 6. The summed E-state index contributed by atoms with van der Waals surface area (Å²) in [4.78, 5) is 26.9. The fourth-order valence-corrected chi connectivity index (χ4v) is 2.63. The van der Waals surface area contributed by atoms with Crippen molar-refractivity contribution in [3.8, 4) is 5.75 Å². The van der Waals surface area contributed by atoms with Gasteiger partial charge in [0.05, 0.1) is 19.2 Å². The van der Waals surface area contributed by atoms with Gasteiger partial charge in [-0.25, -0.2) is 4.98 Å². The van der Waals surface area contributed by atoms with Crippen LogP contribution in [-0.2, 0) is 16.1 Å². The van der Waals surface area contributed by atoms with Gasteiger partial charge in [-0.1, -0.05) is 0 Å². The van der Waals surface area contributed by atoms with Crippen molar-refractivity contribution >= 4 is 29.0 Å². The molecule has 0 fully saturated rings. The summed E-state index contributed by atoms with van der Waals surface area (Å²) in [7, 11) is 1.65. The summed E-state index contributed by atoms with van der Waals surface area (Å²) in [6.07, 6.45) is -0.185. The molecule has 7 nitrogen and oxygen atoms in total. The maximum Gasteiger partial charge on any atom is 0.231 e. The third-order valence-corrected chi connectivity index (χ3v) is 3.96. The van der Waals surface area contributed by atoms with Crippen molar-refractivity contribution in [2.45, 2.75) is 33.7 Å². The number of aryl methyl sites for hydroxylation is 2. The molecule has 4 N–H and O–H groups in total. The topological polar surface area (TPSA) is 106 Å². The summed E-state index contributed by atoms with van der Waals surface area (Å²) in [6.45, 7) is 6.01. The molecule has 0 radical (unpaired) electrons. The Balaban J connectivity index is 2.06. The van der Waals surface area contributed by atoms with Crippen molar-refractivity contribution in [2.75, 3.05) is 23.5 Å². The van der Waals surface area contributed by atoms with E-state index in [0.29, 0.717) is 18.1 Å². The van der Waals surface area contributed by atoms with Crippen molar-refractivity contribution < 1.29 is 14.3 Å². The first-order valence-corrected chi connectivity index (χ1v) is 8.24. The third-order valence-electron chi connectivity index (χ3n) is 3.96. The molecule has 1 aromatic heterocycles. The zero-order chi connectivity index (χ0) is 19.3. The monoisotopic (exact) mass is 356 g/mol. The second kappa shape index (κ2) is 8.33. The van der Waals surface area contributed by atoms with Gasteiger partial charge >= 0.3 is 0 Å². The first-order valence-electron chi connectivity index (χ1n) is 8.24. The highest BCUT2D eigenvalue weighted by atomic mass is 16.5. The predicted octanol–water partition coefficient (Wildman–Crippen LogP) is 2.82. The average Bonchev–Trinajstić information content (AvgIpc) is 2.55. The Labute approximate surface area is 153 Å². The molecule has 0 spiro atoms. The van der Waals surface area contributed by atoms with Gasteiger partial charge < -0.3 is 21.1 Å². The van der Waals surface area contributed by atoms with Crippen LogP contribution in [0.3, 0.4) is 0 Å². The normalized spacial score (nSPS) is 10.3. The molecule has 0 atom stereocenters. The number of pyridine rings is 1. The van der Waals surface area contributed by atoms with E-state index in [-0.39, 0.29) is 18.0 Å². The molecule has 138 valence electrons. The van der Waals surface area contributed by atoms with Crippen molar-refractivity contribution in [2.24, 2.45) is 0 Å². The minimum Gasteiger partial charge on any atom is -0.497 e. The largest absolute Gasteiger partial charge is 0.497 e. The number of ether oxygens (including phenoxy) is 1. The smallest absolute Gasteiger partial charge is 0.231 e. The summed E-state index contributed by atoms with van der Waals surface area (Å²) in [5.74, 6) is 1.00. The van der Waals surface area contributed by atoms with Crippen LogP contribution in [0.15, 0.2) is 24.3 Å². The SMILES string of the molecule is COc1cc(C)c(CNc2ccc(NC(=O)CC(C)=O)c(N)n2)c(C)c1. The zero-order valence-electron chi connectivity index (χ0n) is 15.5. The van der Waals surface area contributed by atoms with E-state index in [2.05, 4.69) is 15.6 Å². The van der Waals surface area contributed by atoms with Gasteiger partial charge in [0.15, 0.2) is 0 Å². The quantitative estimate of drug-likeness (QED) is 0.659. The van der Waals surface area contributed by atoms with Crippen LogP contribution in [0.5, 0.6) is 5.75 Å². The maximum absolute atomic E-state index is 11.7. The third kappa shape index (κ3) is 4.95. The predicted molar refractivity (Wildman–Crippen MR) is 102 cm³/mol. The Hall–Kier alpha value is -3.09. The molecule has 0 unspecified atom stereocenters. The number of rotatable bonds is 7. The zero-order valence-corrected chi connectivity index (χ0v) is 15.5. The highest BCUT2D eigenvalue weighted by molar-refractivity contribution is 6.04. The molecule has 0 aliphatic rings. The van der Waals surface area contributed by atoms with Crippen LogP contribution in [0.2, 0.25) is 0 Å². The fraction of sp³-hybridized carbons (Fsp3) is 0.316. The van der Waals surface area contributed by atoms with Crippen LogP contribution >= 0.6 is 0 Å². The van der Waals surface area contributed by atoms with E-state index in [1.165, 1.54) is 6.92 Å². The minimum atomic E-state index is -0.406. The van der Waals surface area contributed by atoms with Crippen molar-refractivity contribution in [3.63, 3.8) is 0 Å². The van der Waals surface area contributed by atoms with Crippen LogP contribution < -0.4 is 21.1 Å². The summed E-state index contributed by atoms with van der Waals surface area (Å²) < 4.78 is 5.27. The molecule has 0 aliphatic carbocycles. The number of carbonyl (C=O) groups is 2. The first-order chi connectivity index (χ1) is 12.3. The van der Waals surface area contributed by atoms with Gasteiger partial charge in [-0.15, -0.1) is 0 Å². The molecular formula is C19H24N4O3. The highest BCUT2D eigenvalue weighted by Crippen LogP contribution is 2.23. The number of nitrogens with zero attached hydrogens (tertiary/aromatic N) is 1. The summed E-state index contributed by atoms with van der Waals surface area (Å²) in [5.41, 5.74) is 9.69. The van der Waals surface area contributed by atoms with Crippen LogP contribution in [0.1, 0.15) is 30.0 Å². The fourth-order valence-electron chi connectivity index (χ4n) is 2.63. The lowest BCUT2D eigenvalue weighted by Gasteiger charge is -2.14. The number of anilines is 3. The molecule has 0 saturated heterocycles. The van der Waals surface area contributed by atoms with E-state index in [1.54, 1.807) is 19.2 Å². The average molecular weight is 356 g/mol. The molecule has 1 heterocycles. The molecule has 0 aliphatic heterocycles. The second-order valence-corrected chi connectivity index (χ2v) is 6.15. The van der Waals surface area contributed by atoms with Gasteiger partial charge in [0.1, 0.15) is 23.2 Å². The molecule has 0 saturated carbocycles. The van der Waals surface area contributed by atoms with E-state index in [4.69, 9.17) is 10.5 Å². The van der Waals surface area contributed by atoms with Gasteiger partial charge in [0, 0.05) is 6.54 Å². The number of methoxy groups -OCH3 is 1. The number of nitrogens with one attached hydrogen (secondary N) is 2. The molecular weight excluding hydrogens is 332 g/mol. The molecule has 26 heavy (non-hydrogen) atoms. The van der Waals surface area contributed by atoms with E-state index >= 15 is 0 Å². The van der Waals surface area contributed by atoms with Crippen molar-refractivity contribution in [1.29, 1.82) is 0 Å². The molecule has 0 bridgehead atoms. The van der Waals surface area contributed by atoms with E-state index in [1.807, 2.05) is 26.0 Å². The Kier molecular flexibility index (Phi) is 6.16. The highest BCUT2D eigenvalue weighted by Gasteiger charge is 2.10. The van der Waals surface area contributed by atoms with Crippen LogP contribution in [-0.4, -0.2) is 23.8 Å². The number of aromatic nitrogens is 1. The number of ketones is 1. The number of hydrogen-bond donors (Lipinski definition) is 3. The van der Waals surface area contributed by atoms with Gasteiger partial charge in [-0.3, -0.25) is 9.59 Å². The molecule has 7 heteroatoms. The summed E-state index contributed by atoms with van der Waals surface area (Å²) in [5, 5.41) is 5.82. The molecule has 2 aromatic rings. The molecule has 1 aromatic carbocycles. The van der Waals surface area contributed by atoms with Gasteiger partial charge in [-0.2, -0.15) is 0 Å². The number of Topliss-reactive ketones (excluding diaryl/α,β-unsaturated/α-hetero) is 1. The van der Waals surface area contributed by atoms with Gasteiger partial charge in [0.2, 0.25) is 5.91 Å². The summed E-state index contributed by atoms with van der Waals surface area (Å²) >= 11 is 0. The second-order valence-electron chi connectivity index (χ2n) is 6.15. The van der Waals surface area contributed by atoms with E-state index in [9.17, 15) is 9.59 Å². The lowest BCUT2D eigenvalue weighted by Crippen LogP contribution is -2.16. The number of nitrogen functional groups attached to an aromatic ring is 1. The Morgan fingerprint density at radius 1 is 1.19 bits per heavy atom. The van der Waals surface area contributed by atoms with E-state index in [0.717, 1.165) is 22.4 Å². The van der Waals surface area contributed by atoms with E-state index < -0.39 is 5.91 Å². The molecule has 2 rings (SSSR count). The van der Waals surface area contributed by atoms with Gasteiger partial charge in [-0.05, 0) is 61.7 Å². The first kappa shape index (κ1) is 19.2. The van der Waals surface area contributed by atoms with Crippen LogP contribution in [0, 0.1) is 13.8 Å². The maximum atomic E-state index is 11.7. The Morgan fingerprint density at radius 3 is 2.38 bits per heavy atom. The van der Waals surface area contributed by atoms with Crippen LogP contribution in [0.25, 0.3) is 0 Å².